The minimum atomic E-state index is -4.26. The van der Waals surface area contributed by atoms with Crippen molar-refractivity contribution in [3.63, 3.8) is 0 Å². The maximum Gasteiger partial charge on any atom is 0.309 e. The second kappa shape index (κ2) is 16.6. The Balaban J connectivity index is 2.16. The van der Waals surface area contributed by atoms with Gasteiger partial charge in [0.25, 0.3) is 11.8 Å². The van der Waals surface area contributed by atoms with Gasteiger partial charge in [0.15, 0.2) is 0 Å². The van der Waals surface area contributed by atoms with Crippen LogP contribution < -0.4 is 10.6 Å². The fourth-order valence-corrected chi connectivity index (χ4v) is 6.54. The Morgan fingerprint density at radius 3 is 2.14 bits per heavy atom. The first-order chi connectivity index (χ1) is 20.2. The Morgan fingerprint density at radius 1 is 0.953 bits per heavy atom. The molecule has 13 heteroatoms. The summed E-state index contributed by atoms with van der Waals surface area (Å²) in [7, 11) is -4.11. The summed E-state index contributed by atoms with van der Waals surface area (Å²) in [5, 5.41) is 4.87. The largest absolute Gasteiger partial charge is 0.356 e. The van der Waals surface area contributed by atoms with Crippen molar-refractivity contribution >= 4 is 25.1 Å². The van der Waals surface area contributed by atoms with Gasteiger partial charge in [0, 0.05) is 55.4 Å². The topological polar surface area (TPSA) is 116 Å². The Hall–Kier alpha value is -3.24. The predicted molar refractivity (Wildman–Crippen MR) is 157 cm³/mol. The predicted octanol–water partition coefficient (Wildman–Crippen LogP) is 5.73. The summed E-state index contributed by atoms with van der Waals surface area (Å²) in [6.45, 7) is 5.67. The van der Waals surface area contributed by atoms with Crippen LogP contribution in [0.1, 0.15) is 72.4 Å². The van der Waals surface area contributed by atoms with E-state index in [1.807, 2.05) is 13.8 Å². The molecule has 0 fully saturated rings. The third-order valence-electron chi connectivity index (χ3n) is 6.70. The normalized spacial score (nSPS) is 14.4. The zero-order chi connectivity index (χ0) is 32.2. The molecule has 0 aliphatic carbocycles. The Kier molecular flexibility index (Phi) is 13.9. The van der Waals surface area contributed by atoms with E-state index in [4.69, 9.17) is 0 Å². The first-order valence-electron chi connectivity index (χ1n) is 14.2. The lowest BCUT2D eigenvalue weighted by molar-refractivity contribution is -0.135. The number of benzene rings is 2. The first kappa shape index (κ1) is 36.0. The lowest BCUT2D eigenvalue weighted by atomic mass is 10.1. The number of halogens is 4. The van der Waals surface area contributed by atoms with Crippen molar-refractivity contribution in [3.8, 4) is 0 Å². The van der Waals surface area contributed by atoms with Crippen molar-refractivity contribution in [2.75, 3.05) is 32.0 Å². The molecule has 0 saturated carbocycles. The van der Waals surface area contributed by atoms with E-state index in [0.717, 1.165) is 12.8 Å². The van der Waals surface area contributed by atoms with Gasteiger partial charge in [0.1, 0.15) is 0 Å². The highest BCUT2D eigenvalue weighted by molar-refractivity contribution is 7.58. The zero-order valence-electron chi connectivity index (χ0n) is 24.6. The molecule has 2 aromatic rings. The van der Waals surface area contributed by atoms with Gasteiger partial charge in [-0.25, -0.2) is 17.6 Å². The van der Waals surface area contributed by atoms with Gasteiger partial charge >= 0.3 is 12.3 Å². The highest BCUT2D eigenvalue weighted by atomic mass is 31.2. The molecule has 2 rings (SSSR count). The molecule has 3 atom stereocenters. The van der Waals surface area contributed by atoms with Gasteiger partial charge in [-0.2, -0.15) is 0 Å². The van der Waals surface area contributed by atoms with Crippen LogP contribution in [0.15, 0.2) is 54.6 Å². The van der Waals surface area contributed by atoms with E-state index in [-0.39, 0.29) is 11.5 Å². The third-order valence-corrected chi connectivity index (χ3v) is 8.76. The van der Waals surface area contributed by atoms with E-state index in [1.165, 1.54) is 19.1 Å². The van der Waals surface area contributed by atoms with Crippen molar-refractivity contribution in [2.45, 2.75) is 58.4 Å². The second-order valence-corrected chi connectivity index (χ2v) is 12.9. The fourth-order valence-electron chi connectivity index (χ4n) is 4.50. The highest BCUT2D eigenvalue weighted by Crippen LogP contribution is 2.46. The first-order valence-corrected chi connectivity index (χ1v) is 16.2. The number of carbonyl (C=O) groups excluding carboxylic acids is 3. The third kappa shape index (κ3) is 11.4. The summed E-state index contributed by atoms with van der Waals surface area (Å²) in [5.41, 5.74) is 1.05. The summed E-state index contributed by atoms with van der Waals surface area (Å²) >= 11 is 0. The van der Waals surface area contributed by atoms with E-state index in [9.17, 15) is 41.4 Å². The fraction of sp³-hybridized carbons (Fsp3) is 0.500. The molecule has 238 valence electrons. The second-order valence-electron chi connectivity index (χ2n) is 10.5. The molecular weight excluding hydrogens is 589 g/mol. The molecule has 0 saturated heterocycles. The quantitative estimate of drug-likeness (QED) is 0.153. The molecule has 0 heterocycles. The number of hydrogen-bond acceptors (Lipinski definition) is 4. The highest BCUT2D eigenvalue weighted by Gasteiger charge is 2.40. The number of rotatable bonds is 17. The number of alkyl halides is 4. The van der Waals surface area contributed by atoms with Crippen LogP contribution in [-0.2, 0) is 9.36 Å². The van der Waals surface area contributed by atoms with Crippen molar-refractivity contribution < 1.29 is 41.4 Å². The number of nitrogens with zero attached hydrogens (tertiary/aromatic N) is 1. The Labute approximate surface area is 249 Å². The van der Waals surface area contributed by atoms with Gasteiger partial charge < -0.3 is 20.4 Å². The van der Waals surface area contributed by atoms with Crippen LogP contribution in [0.4, 0.5) is 17.6 Å². The Bertz CT molecular complexity index is 1260. The lowest BCUT2D eigenvalue weighted by Gasteiger charge is -2.24. The number of nitrogens with one attached hydrogen (secondary N) is 2. The molecule has 3 amide bonds. The monoisotopic (exact) mass is 629 g/mol. The minimum absolute atomic E-state index is 0.181. The van der Waals surface area contributed by atoms with Gasteiger partial charge in [-0.1, -0.05) is 57.2 Å². The molecule has 0 aliphatic heterocycles. The van der Waals surface area contributed by atoms with Crippen LogP contribution in [0.5, 0.6) is 0 Å². The molecule has 3 N–H and O–H groups in total. The summed E-state index contributed by atoms with van der Waals surface area (Å²) in [6, 6.07) is 13.7. The van der Waals surface area contributed by atoms with Crippen molar-refractivity contribution in [1.82, 2.24) is 15.5 Å². The van der Waals surface area contributed by atoms with Crippen LogP contribution in [0.25, 0.3) is 0 Å². The van der Waals surface area contributed by atoms with Crippen molar-refractivity contribution in [1.29, 1.82) is 0 Å². The van der Waals surface area contributed by atoms with Crippen LogP contribution in [-0.4, -0.2) is 71.8 Å². The summed E-state index contributed by atoms with van der Waals surface area (Å²) < 4.78 is 64.2. The van der Waals surface area contributed by atoms with Crippen LogP contribution >= 0.6 is 7.37 Å². The SMILES string of the molecule is CCCN(CCC)C(=O)c1cccc(C(=O)N[C@H](CP(=O)(O)CC(C)C(=O)NCCC(F)(F)C(F)F)c2ccccc2)c1. The van der Waals surface area contributed by atoms with E-state index in [2.05, 4.69) is 10.6 Å². The van der Waals surface area contributed by atoms with Gasteiger partial charge in [0.2, 0.25) is 13.3 Å². The number of hydrogen-bond donors (Lipinski definition) is 3. The van der Waals surface area contributed by atoms with Crippen molar-refractivity contribution in [2.24, 2.45) is 5.92 Å². The molecule has 0 spiro atoms. The standard InChI is InChI=1S/C30H40F4N3O5P/c1-4-16-37(17-5-2)28(40)24-13-9-12-23(18-24)27(39)36-25(22-10-7-6-8-11-22)20-43(41,42)19-21(3)26(38)35-15-14-30(33,34)29(31)32/h6-13,18,21,25,29H,4-5,14-17,19-20H2,1-3H3,(H,35,38)(H,36,39)(H,41,42)/t21?,25-/m1/s1. The zero-order valence-corrected chi connectivity index (χ0v) is 25.5. The number of carbonyl (C=O) groups is 3. The number of amides is 3. The summed E-state index contributed by atoms with van der Waals surface area (Å²) in [6.07, 6.45) is -4.56. The summed E-state index contributed by atoms with van der Waals surface area (Å²) in [5.74, 6) is -6.97. The van der Waals surface area contributed by atoms with Gasteiger partial charge in [0.05, 0.1) is 6.04 Å². The summed E-state index contributed by atoms with van der Waals surface area (Å²) in [4.78, 5) is 51.2. The molecule has 0 aromatic heterocycles. The van der Waals surface area contributed by atoms with E-state index >= 15 is 0 Å². The van der Waals surface area contributed by atoms with Crippen molar-refractivity contribution in [3.05, 3.63) is 71.3 Å². The molecule has 43 heavy (non-hydrogen) atoms. The van der Waals surface area contributed by atoms with Gasteiger partial charge in [-0.15, -0.1) is 0 Å². The average molecular weight is 630 g/mol. The average Bonchev–Trinajstić information content (AvgIpc) is 2.96. The minimum Gasteiger partial charge on any atom is -0.356 e. The van der Waals surface area contributed by atoms with Crippen LogP contribution in [0.3, 0.4) is 0 Å². The van der Waals surface area contributed by atoms with Gasteiger partial charge in [-0.05, 0) is 36.6 Å². The maximum atomic E-state index is 13.3. The van der Waals surface area contributed by atoms with E-state index in [1.54, 1.807) is 47.4 Å². The molecule has 0 radical (unpaired) electrons. The molecule has 0 aliphatic rings. The van der Waals surface area contributed by atoms with Gasteiger partial charge in [-0.3, -0.25) is 18.9 Å². The van der Waals surface area contributed by atoms with E-state index < -0.39 is 68.8 Å². The van der Waals surface area contributed by atoms with Crippen LogP contribution in [0.2, 0.25) is 0 Å². The molecule has 8 nitrogen and oxygen atoms in total. The molecular formula is C30H40F4N3O5P. The lowest BCUT2D eigenvalue weighted by Crippen LogP contribution is -2.37. The smallest absolute Gasteiger partial charge is 0.309 e. The van der Waals surface area contributed by atoms with Crippen LogP contribution in [0, 0.1) is 5.92 Å². The van der Waals surface area contributed by atoms with E-state index in [0.29, 0.717) is 24.2 Å². The molecule has 2 unspecified atom stereocenters. The molecule has 2 aromatic carbocycles. The maximum absolute atomic E-state index is 13.3. The Morgan fingerprint density at radius 2 is 1.56 bits per heavy atom. The molecule has 0 bridgehead atoms.